The molecule has 2 aromatic heterocycles. The number of halogens is 1. The second kappa shape index (κ2) is 7.13. The predicted octanol–water partition coefficient (Wildman–Crippen LogP) is 4.92. The minimum atomic E-state index is -0.261. The number of methoxy groups -OCH3 is 1. The molecule has 4 aromatic rings. The van der Waals surface area contributed by atoms with Crippen molar-refractivity contribution >= 4 is 28.8 Å². The van der Waals surface area contributed by atoms with Crippen molar-refractivity contribution in [3.63, 3.8) is 0 Å². The van der Waals surface area contributed by atoms with Crippen LogP contribution in [0.4, 0.5) is 5.69 Å². The molecule has 6 heteroatoms. The number of hydrogen-bond donors (Lipinski definition) is 1. The van der Waals surface area contributed by atoms with Gasteiger partial charge in [-0.2, -0.15) is 0 Å². The van der Waals surface area contributed by atoms with Crippen LogP contribution in [0.25, 0.3) is 16.9 Å². The third kappa shape index (κ3) is 3.50. The smallest absolute Gasteiger partial charge is 0.255 e. The minimum Gasteiger partial charge on any atom is -0.495 e. The standard InChI is InChI=1S/C21H16ClN3O2/c1-27-19-9-8-14(18-13-25-10-3-2-7-20(25)23-18)12-17(19)24-21(26)15-5-4-6-16(22)11-15/h2-13H,1H3,(H,24,26). The highest BCUT2D eigenvalue weighted by Crippen LogP contribution is 2.31. The summed E-state index contributed by atoms with van der Waals surface area (Å²) in [5.41, 5.74) is 3.58. The van der Waals surface area contributed by atoms with Crippen molar-refractivity contribution in [1.29, 1.82) is 0 Å². The molecule has 0 saturated heterocycles. The number of aromatic nitrogens is 2. The average molecular weight is 378 g/mol. The fourth-order valence-electron chi connectivity index (χ4n) is 2.86. The number of carbonyl (C=O) groups is 1. The SMILES string of the molecule is COc1ccc(-c2cn3ccccc3n2)cc1NC(=O)c1cccc(Cl)c1. The Morgan fingerprint density at radius 2 is 2.00 bits per heavy atom. The molecule has 0 spiro atoms. The van der Waals surface area contributed by atoms with E-state index < -0.39 is 0 Å². The number of carbonyl (C=O) groups excluding carboxylic acids is 1. The molecule has 1 amide bonds. The topological polar surface area (TPSA) is 55.6 Å². The minimum absolute atomic E-state index is 0.261. The number of anilines is 1. The van der Waals surface area contributed by atoms with Gasteiger partial charge in [0, 0.05) is 28.5 Å². The number of fused-ring (bicyclic) bond motifs is 1. The number of nitrogens with one attached hydrogen (secondary N) is 1. The van der Waals surface area contributed by atoms with E-state index >= 15 is 0 Å². The van der Waals surface area contributed by atoms with Crippen molar-refractivity contribution < 1.29 is 9.53 Å². The van der Waals surface area contributed by atoms with E-state index in [9.17, 15) is 4.79 Å². The number of imidazole rings is 1. The molecule has 0 aliphatic heterocycles. The summed E-state index contributed by atoms with van der Waals surface area (Å²) in [6.07, 6.45) is 3.89. The Labute approximate surface area is 161 Å². The average Bonchev–Trinajstić information content (AvgIpc) is 3.12. The maximum Gasteiger partial charge on any atom is 0.255 e. The fraction of sp³-hybridized carbons (Fsp3) is 0.0476. The molecule has 0 fully saturated rings. The summed E-state index contributed by atoms with van der Waals surface area (Å²) in [6, 6.07) is 18.2. The number of nitrogens with zero attached hydrogens (tertiary/aromatic N) is 2. The highest BCUT2D eigenvalue weighted by molar-refractivity contribution is 6.31. The highest BCUT2D eigenvalue weighted by atomic mass is 35.5. The molecule has 2 heterocycles. The van der Waals surface area contributed by atoms with Gasteiger partial charge in [-0.15, -0.1) is 0 Å². The van der Waals surface area contributed by atoms with Gasteiger partial charge in [0.1, 0.15) is 11.4 Å². The molecule has 134 valence electrons. The lowest BCUT2D eigenvalue weighted by Gasteiger charge is -2.12. The van der Waals surface area contributed by atoms with E-state index in [1.165, 1.54) is 0 Å². The second-order valence-electron chi connectivity index (χ2n) is 5.97. The van der Waals surface area contributed by atoms with Crippen LogP contribution < -0.4 is 10.1 Å². The van der Waals surface area contributed by atoms with Crippen LogP contribution >= 0.6 is 11.6 Å². The lowest BCUT2D eigenvalue weighted by molar-refractivity contribution is 0.102. The molecule has 0 radical (unpaired) electrons. The number of ether oxygens (including phenoxy) is 1. The van der Waals surface area contributed by atoms with Gasteiger partial charge in [0.05, 0.1) is 18.5 Å². The first kappa shape index (κ1) is 17.1. The largest absolute Gasteiger partial charge is 0.495 e. The van der Waals surface area contributed by atoms with Gasteiger partial charge in [0.2, 0.25) is 0 Å². The Kier molecular flexibility index (Phi) is 4.52. The van der Waals surface area contributed by atoms with Gasteiger partial charge in [0.25, 0.3) is 5.91 Å². The van der Waals surface area contributed by atoms with Crippen LogP contribution in [0.15, 0.2) is 73.1 Å². The monoisotopic (exact) mass is 377 g/mol. The first-order chi connectivity index (χ1) is 13.1. The summed E-state index contributed by atoms with van der Waals surface area (Å²) in [6.45, 7) is 0. The number of rotatable bonds is 4. The molecule has 0 aliphatic carbocycles. The summed E-state index contributed by atoms with van der Waals surface area (Å²) in [5, 5.41) is 3.40. The van der Waals surface area contributed by atoms with Crippen LogP contribution in [0.3, 0.4) is 0 Å². The Balaban J connectivity index is 1.69. The van der Waals surface area contributed by atoms with Crippen molar-refractivity contribution in [2.75, 3.05) is 12.4 Å². The first-order valence-corrected chi connectivity index (χ1v) is 8.71. The van der Waals surface area contributed by atoms with Gasteiger partial charge in [-0.05, 0) is 48.5 Å². The second-order valence-corrected chi connectivity index (χ2v) is 6.41. The molecule has 1 N–H and O–H groups in total. The predicted molar refractivity (Wildman–Crippen MR) is 107 cm³/mol. The lowest BCUT2D eigenvalue weighted by atomic mass is 10.1. The molecule has 4 rings (SSSR count). The zero-order chi connectivity index (χ0) is 18.8. The fourth-order valence-corrected chi connectivity index (χ4v) is 3.05. The molecule has 5 nitrogen and oxygen atoms in total. The molecule has 0 aliphatic rings. The third-order valence-corrected chi connectivity index (χ3v) is 4.43. The van der Waals surface area contributed by atoms with Crippen molar-refractivity contribution in [3.05, 3.63) is 83.6 Å². The molecule has 0 saturated carbocycles. The number of benzene rings is 2. The van der Waals surface area contributed by atoms with Gasteiger partial charge < -0.3 is 14.5 Å². The van der Waals surface area contributed by atoms with Crippen molar-refractivity contribution in [2.24, 2.45) is 0 Å². The third-order valence-electron chi connectivity index (χ3n) is 4.19. The molecule has 0 atom stereocenters. The van der Waals surface area contributed by atoms with Gasteiger partial charge in [0.15, 0.2) is 0 Å². The molecule has 27 heavy (non-hydrogen) atoms. The van der Waals surface area contributed by atoms with E-state index in [0.29, 0.717) is 22.0 Å². The van der Waals surface area contributed by atoms with Crippen LogP contribution in [0.1, 0.15) is 10.4 Å². The molecule has 2 aromatic carbocycles. The van der Waals surface area contributed by atoms with Crippen molar-refractivity contribution in [1.82, 2.24) is 9.38 Å². The van der Waals surface area contributed by atoms with E-state index in [-0.39, 0.29) is 5.91 Å². The van der Waals surface area contributed by atoms with E-state index in [2.05, 4.69) is 10.3 Å². The molecule has 0 unspecified atom stereocenters. The maximum absolute atomic E-state index is 12.6. The van der Waals surface area contributed by atoms with Gasteiger partial charge in [-0.25, -0.2) is 4.98 Å². The van der Waals surface area contributed by atoms with E-state index in [4.69, 9.17) is 16.3 Å². The highest BCUT2D eigenvalue weighted by Gasteiger charge is 2.13. The van der Waals surface area contributed by atoms with Crippen molar-refractivity contribution in [2.45, 2.75) is 0 Å². The first-order valence-electron chi connectivity index (χ1n) is 8.33. The normalized spacial score (nSPS) is 10.7. The Hall–Kier alpha value is -3.31. The van der Waals surface area contributed by atoms with Crippen LogP contribution in [0, 0.1) is 0 Å². The lowest BCUT2D eigenvalue weighted by Crippen LogP contribution is -2.12. The number of hydrogen-bond acceptors (Lipinski definition) is 3. The molecular formula is C21H16ClN3O2. The Morgan fingerprint density at radius 3 is 2.78 bits per heavy atom. The van der Waals surface area contributed by atoms with Gasteiger partial charge in [-0.1, -0.05) is 23.7 Å². The summed E-state index contributed by atoms with van der Waals surface area (Å²) >= 11 is 5.98. The zero-order valence-corrected chi connectivity index (χ0v) is 15.3. The summed E-state index contributed by atoms with van der Waals surface area (Å²) < 4.78 is 7.34. The van der Waals surface area contributed by atoms with E-state index in [1.54, 1.807) is 31.4 Å². The molecular weight excluding hydrogens is 362 g/mol. The van der Waals surface area contributed by atoms with Gasteiger partial charge >= 0.3 is 0 Å². The number of pyridine rings is 1. The summed E-state index contributed by atoms with van der Waals surface area (Å²) in [4.78, 5) is 17.2. The van der Waals surface area contributed by atoms with E-state index in [0.717, 1.165) is 16.9 Å². The van der Waals surface area contributed by atoms with Crippen LogP contribution in [-0.2, 0) is 0 Å². The number of amides is 1. The van der Waals surface area contributed by atoms with E-state index in [1.807, 2.05) is 53.2 Å². The van der Waals surface area contributed by atoms with Gasteiger partial charge in [-0.3, -0.25) is 4.79 Å². The quantitative estimate of drug-likeness (QED) is 0.549. The maximum atomic E-state index is 12.6. The van der Waals surface area contributed by atoms with Crippen LogP contribution in [-0.4, -0.2) is 22.4 Å². The Bertz CT molecular complexity index is 1100. The van der Waals surface area contributed by atoms with Crippen LogP contribution in [0.2, 0.25) is 5.02 Å². The van der Waals surface area contributed by atoms with Crippen LogP contribution in [0.5, 0.6) is 5.75 Å². The molecule has 0 bridgehead atoms. The summed E-state index contributed by atoms with van der Waals surface area (Å²) in [5.74, 6) is 0.306. The van der Waals surface area contributed by atoms with Crippen molar-refractivity contribution in [3.8, 4) is 17.0 Å². The summed E-state index contributed by atoms with van der Waals surface area (Å²) in [7, 11) is 1.56. The zero-order valence-electron chi connectivity index (χ0n) is 14.5. The Morgan fingerprint density at radius 1 is 1.11 bits per heavy atom.